The van der Waals surface area contributed by atoms with Gasteiger partial charge in [0.2, 0.25) is 0 Å². The van der Waals surface area contributed by atoms with Gasteiger partial charge >= 0.3 is 0 Å². The van der Waals surface area contributed by atoms with Crippen LogP contribution in [0.2, 0.25) is 0 Å². The molecule has 1 aromatic carbocycles. The lowest BCUT2D eigenvalue weighted by molar-refractivity contribution is 0.102. The summed E-state index contributed by atoms with van der Waals surface area (Å²) in [5, 5.41) is 0. The lowest BCUT2D eigenvalue weighted by Gasteiger charge is -2.10. The highest BCUT2D eigenvalue weighted by Crippen LogP contribution is 2.19. The third-order valence-electron chi connectivity index (χ3n) is 1.39. The molecule has 8 heavy (non-hydrogen) atoms. The van der Waals surface area contributed by atoms with Gasteiger partial charge in [-0.1, -0.05) is 18.2 Å². The first-order valence-corrected chi connectivity index (χ1v) is 2.53. The fraction of sp³-hybridized carbons (Fsp3) is 0. The smallest absolute Gasteiger partial charge is 0.193 e. The molecule has 2 aliphatic rings. The van der Waals surface area contributed by atoms with Crippen molar-refractivity contribution in [3.05, 3.63) is 35.4 Å². The van der Waals surface area contributed by atoms with Crippen LogP contribution in [0, 0.1) is 0 Å². The maximum absolute atomic E-state index is 10.7. The normalized spacial score (nSPS) is 13.2. The van der Waals surface area contributed by atoms with E-state index in [2.05, 4.69) is 0 Å². The van der Waals surface area contributed by atoms with Gasteiger partial charge in [-0.2, -0.15) is 0 Å². The van der Waals surface area contributed by atoms with Crippen LogP contribution < -0.4 is 0 Å². The van der Waals surface area contributed by atoms with Gasteiger partial charge in [0, 0.05) is 11.1 Å². The molecular formula is C7H4O. The van der Waals surface area contributed by atoms with E-state index >= 15 is 0 Å². The molecule has 2 aliphatic carbocycles. The lowest BCUT2D eigenvalue weighted by atomic mass is 9.92. The molecule has 0 fully saturated rings. The zero-order valence-corrected chi connectivity index (χ0v) is 4.22. The van der Waals surface area contributed by atoms with Crippen LogP contribution in [0.15, 0.2) is 24.3 Å². The van der Waals surface area contributed by atoms with Crippen LogP contribution in [-0.4, -0.2) is 5.78 Å². The molecule has 0 N–H and O–H groups in total. The number of benzene rings is 1. The summed E-state index contributed by atoms with van der Waals surface area (Å²) in [6.45, 7) is 0. The quantitative estimate of drug-likeness (QED) is 0.491. The zero-order chi connectivity index (χ0) is 5.56. The predicted molar refractivity (Wildman–Crippen MR) is 29.9 cm³/mol. The third-order valence-corrected chi connectivity index (χ3v) is 1.39. The van der Waals surface area contributed by atoms with Gasteiger partial charge in [0.1, 0.15) is 0 Å². The summed E-state index contributed by atoms with van der Waals surface area (Å²) in [6, 6.07) is 7.44. The zero-order valence-electron chi connectivity index (χ0n) is 4.22. The summed E-state index contributed by atoms with van der Waals surface area (Å²) in [5.74, 6) is 0.201. The van der Waals surface area contributed by atoms with Crippen molar-refractivity contribution < 1.29 is 4.79 Å². The molecule has 0 aromatic heterocycles. The predicted octanol–water partition coefficient (Wildman–Crippen LogP) is 1.23. The fourth-order valence-corrected chi connectivity index (χ4v) is 0.891. The van der Waals surface area contributed by atoms with Gasteiger partial charge in [-0.05, 0) is 6.07 Å². The molecule has 1 aromatic rings. The Morgan fingerprint density at radius 2 is 1.75 bits per heavy atom. The Balaban J connectivity index is 2.81. The number of rotatable bonds is 0. The maximum atomic E-state index is 10.7. The van der Waals surface area contributed by atoms with Crippen LogP contribution in [-0.2, 0) is 0 Å². The number of fused-ring (bicyclic) bond motifs is 2. The van der Waals surface area contributed by atoms with E-state index in [9.17, 15) is 4.79 Å². The molecule has 1 heteroatoms. The Morgan fingerprint density at radius 1 is 1.12 bits per heavy atom. The van der Waals surface area contributed by atoms with Crippen molar-refractivity contribution in [3.8, 4) is 0 Å². The molecule has 3 rings (SSSR count). The Kier molecular flexibility index (Phi) is 0.478. The van der Waals surface area contributed by atoms with Gasteiger partial charge in [-0.25, -0.2) is 0 Å². The van der Waals surface area contributed by atoms with Crippen molar-refractivity contribution in [2.75, 3.05) is 0 Å². The molecular weight excluding hydrogens is 100 g/mol. The molecule has 0 spiro atoms. The van der Waals surface area contributed by atoms with Gasteiger partial charge < -0.3 is 0 Å². The molecule has 0 heterocycles. The highest BCUT2D eigenvalue weighted by atomic mass is 16.1. The van der Waals surface area contributed by atoms with Crippen LogP contribution >= 0.6 is 0 Å². The monoisotopic (exact) mass is 104 g/mol. The topological polar surface area (TPSA) is 17.1 Å². The minimum absolute atomic E-state index is 0.201. The summed E-state index contributed by atoms with van der Waals surface area (Å²) >= 11 is 0. The molecule has 0 amide bonds. The lowest BCUT2D eigenvalue weighted by Crippen LogP contribution is -2.10. The minimum Gasteiger partial charge on any atom is -0.289 e. The summed E-state index contributed by atoms with van der Waals surface area (Å²) in [5.41, 5.74) is 1.70. The highest BCUT2D eigenvalue weighted by Gasteiger charge is 2.17. The second-order valence-corrected chi connectivity index (χ2v) is 1.91. The molecule has 0 saturated heterocycles. The van der Waals surface area contributed by atoms with Gasteiger partial charge in [0.05, 0.1) is 0 Å². The number of carbonyl (C=O) groups excluding carboxylic acids is 1. The van der Waals surface area contributed by atoms with E-state index in [0.717, 1.165) is 11.1 Å². The molecule has 0 saturated carbocycles. The minimum atomic E-state index is 0.201. The van der Waals surface area contributed by atoms with Crippen LogP contribution in [0.4, 0.5) is 0 Å². The van der Waals surface area contributed by atoms with Gasteiger partial charge in [-0.15, -0.1) is 0 Å². The number of hydrogen-bond acceptors (Lipinski definition) is 1. The number of hydrogen-bond donors (Lipinski definition) is 0. The molecule has 0 aliphatic heterocycles. The van der Waals surface area contributed by atoms with E-state index in [1.54, 1.807) is 0 Å². The molecule has 0 radical (unpaired) electrons. The third kappa shape index (κ3) is 0.259. The molecule has 0 unspecified atom stereocenters. The van der Waals surface area contributed by atoms with E-state index in [-0.39, 0.29) is 5.78 Å². The van der Waals surface area contributed by atoms with Crippen LogP contribution in [0.1, 0.15) is 15.9 Å². The second-order valence-electron chi connectivity index (χ2n) is 1.91. The van der Waals surface area contributed by atoms with Gasteiger partial charge in [0.15, 0.2) is 5.78 Å². The van der Waals surface area contributed by atoms with Crippen molar-refractivity contribution in [1.29, 1.82) is 0 Å². The Bertz CT molecular complexity index is 222. The summed E-state index contributed by atoms with van der Waals surface area (Å²) in [6.07, 6.45) is 0. The van der Waals surface area contributed by atoms with Crippen molar-refractivity contribution in [2.24, 2.45) is 0 Å². The van der Waals surface area contributed by atoms with Crippen LogP contribution in [0.5, 0.6) is 0 Å². The number of carbonyl (C=O) groups is 1. The molecule has 0 atom stereocenters. The number of ketones is 1. The summed E-state index contributed by atoms with van der Waals surface area (Å²) in [7, 11) is 0. The Labute approximate surface area is 47.0 Å². The first-order valence-electron chi connectivity index (χ1n) is 2.53. The van der Waals surface area contributed by atoms with E-state index in [1.165, 1.54) is 0 Å². The van der Waals surface area contributed by atoms with E-state index < -0.39 is 0 Å². The first kappa shape index (κ1) is 3.84. The van der Waals surface area contributed by atoms with E-state index in [4.69, 9.17) is 0 Å². The first-order chi connectivity index (χ1) is 3.88. The molecule has 38 valence electrons. The van der Waals surface area contributed by atoms with Gasteiger partial charge in [0.25, 0.3) is 0 Å². The van der Waals surface area contributed by atoms with Crippen molar-refractivity contribution in [2.45, 2.75) is 0 Å². The highest BCUT2D eigenvalue weighted by molar-refractivity contribution is 6.16. The average molecular weight is 104 g/mol. The summed E-state index contributed by atoms with van der Waals surface area (Å²) < 4.78 is 0. The largest absolute Gasteiger partial charge is 0.289 e. The molecule has 2 bridgehead atoms. The van der Waals surface area contributed by atoms with Crippen LogP contribution in [0.25, 0.3) is 0 Å². The van der Waals surface area contributed by atoms with E-state index in [0.29, 0.717) is 0 Å². The van der Waals surface area contributed by atoms with Crippen molar-refractivity contribution in [1.82, 2.24) is 0 Å². The SMILES string of the molecule is O=C1c2cccc1c2. The molecule has 1 nitrogen and oxygen atoms in total. The second kappa shape index (κ2) is 0.996. The Morgan fingerprint density at radius 3 is 2.00 bits per heavy atom. The van der Waals surface area contributed by atoms with Gasteiger partial charge in [-0.3, -0.25) is 4.79 Å². The maximum Gasteiger partial charge on any atom is 0.193 e. The Hall–Kier alpha value is -1.11. The standard InChI is InChI=1S/C7H4O/c8-7-5-2-1-3-6(7)4-5/h1-4H. The van der Waals surface area contributed by atoms with E-state index in [1.807, 2.05) is 24.3 Å². The van der Waals surface area contributed by atoms with Crippen LogP contribution in [0.3, 0.4) is 0 Å². The average Bonchev–Trinajstić information content (AvgIpc) is 1.89. The summed E-state index contributed by atoms with van der Waals surface area (Å²) in [4.78, 5) is 10.7. The van der Waals surface area contributed by atoms with Crippen molar-refractivity contribution >= 4 is 5.78 Å². The fourth-order valence-electron chi connectivity index (χ4n) is 0.891. The van der Waals surface area contributed by atoms with Crippen molar-refractivity contribution in [3.63, 3.8) is 0 Å².